The van der Waals surface area contributed by atoms with Gasteiger partial charge in [0.15, 0.2) is 0 Å². The van der Waals surface area contributed by atoms with Crippen LogP contribution in [0.4, 0.5) is 0 Å². The molecule has 1 aliphatic heterocycles. The quantitative estimate of drug-likeness (QED) is 0.773. The zero-order valence-corrected chi connectivity index (χ0v) is 13.7. The number of rotatable bonds is 7. The summed E-state index contributed by atoms with van der Waals surface area (Å²) >= 11 is 1.81. The van der Waals surface area contributed by atoms with Crippen LogP contribution in [0, 0.1) is 0 Å². The Morgan fingerprint density at radius 2 is 1.95 bits per heavy atom. The van der Waals surface area contributed by atoms with Crippen molar-refractivity contribution < 1.29 is 17.9 Å². The van der Waals surface area contributed by atoms with E-state index in [1.54, 1.807) is 31.4 Å². The van der Waals surface area contributed by atoms with E-state index in [0.29, 0.717) is 17.5 Å². The summed E-state index contributed by atoms with van der Waals surface area (Å²) in [6.45, 7) is 2.07. The molecule has 0 atom stereocenters. The smallest absolute Gasteiger partial charge is 0.240 e. The number of hydrogen-bond acceptors (Lipinski definition) is 5. The van der Waals surface area contributed by atoms with E-state index in [-0.39, 0.29) is 4.90 Å². The Labute approximate surface area is 130 Å². The normalized spacial score (nSPS) is 16.8. The van der Waals surface area contributed by atoms with Crippen LogP contribution >= 0.6 is 11.8 Å². The zero-order valence-electron chi connectivity index (χ0n) is 12.1. The summed E-state index contributed by atoms with van der Waals surface area (Å²) in [5.74, 6) is 1.42. The van der Waals surface area contributed by atoms with Gasteiger partial charge >= 0.3 is 0 Å². The second-order valence-electron chi connectivity index (χ2n) is 4.76. The fourth-order valence-corrected chi connectivity index (χ4v) is 4.32. The van der Waals surface area contributed by atoms with Crippen molar-refractivity contribution in [2.24, 2.45) is 0 Å². The summed E-state index contributed by atoms with van der Waals surface area (Å²) in [5.41, 5.74) is 0. The molecule has 2 rings (SSSR count). The molecule has 0 aromatic heterocycles. The van der Waals surface area contributed by atoms with E-state index < -0.39 is 10.0 Å². The van der Waals surface area contributed by atoms with Crippen molar-refractivity contribution in [2.75, 3.05) is 32.6 Å². The number of ether oxygens (including phenoxy) is 2. The summed E-state index contributed by atoms with van der Waals surface area (Å²) in [6.07, 6.45) is 2.10. The average molecular weight is 331 g/mol. The minimum absolute atomic E-state index is 0.263. The molecule has 1 fully saturated rings. The Kier molecular flexibility index (Phi) is 6.35. The first kappa shape index (κ1) is 16.6. The fraction of sp³-hybridized carbons (Fsp3) is 0.571. The monoisotopic (exact) mass is 331 g/mol. The van der Waals surface area contributed by atoms with E-state index >= 15 is 0 Å². The van der Waals surface area contributed by atoms with Gasteiger partial charge in [-0.1, -0.05) is 0 Å². The van der Waals surface area contributed by atoms with Crippen LogP contribution in [-0.4, -0.2) is 46.3 Å². The molecule has 0 saturated carbocycles. The largest absolute Gasteiger partial charge is 0.497 e. The van der Waals surface area contributed by atoms with Crippen LogP contribution in [-0.2, 0) is 14.8 Å². The van der Waals surface area contributed by atoms with E-state index in [1.165, 1.54) is 0 Å². The van der Waals surface area contributed by atoms with Gasteiger partial charge in [-0.15, -0.1) is 0 Å². The second kappa shape index (κ2) is 8.03. The van der Waals surface area contributed by atoms with Crippen LogP contribution in [0.15, 0.2) is 29.2 Å². The maximum atomic E-state index is 12.1. The molecular weight excluding hydrogens is 310 g/mol. The summed E-state index contributed by atoms with van der Waals surface area (Å²) in [7, 11) is -1.88. The minimum Gasteiger partial charge on any atom is -0.497 e. The van der Waals surface area contributed by atoms with Gasteiger partial charge in [0.25, 0.3) is 0 Å². The third kappa shape index (κ3) is 5.18. The first-order valence-electron chi connectivity index (χ1n) is 6.95. The van der Waals surface area contributed by atoms with Gasteiger partial charge in [0.1, 0.15) is 5.75 Å². The topological polar surface area (TPSA) is 64.6 Å². The minimum atomic E-state index is -3.43. The Hall–Kier alpha value is -0.760. The molecule has 1 aromatic rings. The molecule has 0 radical (unpaired) electrons. The van der Waals surface area contributed by atoms with Crippen LogP contribution in [0.1, 0.15) is 12.8 Å². The number of sulfonamides is 1. The molecule has 0 amide bonds. The van der Waals surface area contributed by atoms with Crippen LogP contribution in [0.5, 0.6) is 5.75 Å². The molecule has 118 valence electrons. The van der Waals surface area contributed by atoms with Crippen molar-refractivity contribution in [1.82, 2.24) is 4.72 Å². The molecule has 21 heavy (non-hydrogen) atoms. The molecule has 0 bridgehead atoms. The van der Waals surface area contributed by atoms with Crippen molar-refractivity contribution in [2.45, 2.75) is 23.0 Å². The van der Waals surface area contributed by atoms with Gasteiger partial charge in [-0.2, -0.15) is 11.8 Å². The maximum Gasteiger partial charge on any atom is 0.240 e. The summed E-state index contributed by atoms with van der Waals surface area (Å²) in [5, 5.41) is 0.587. The Morgan fingerprint density at radius 1 is 1.29 bits per heavy atom. The van der Waals surface area contributed by atoms with E-state index in [2.05, 4.69) is 4.72 Å². The third-order valence-corrected chi connectivity index (χ3v) is 6.15. The van der Waals surface area contributed by atoms with Crippen LogP contribution in [0.2, 0.25) is 0 Å². The first-order valence-corrected chi connectivity index (χ1v) is 9.48. The lowest BCUT2D eigenvalue weighted by molar-refractivity contribution is 0.100. The number of methoxy groups -OCH3 is 1. The lowest BCUT2D eigenvalue weighted by Gasteiger charge is -2.21. The average Bonchev–Trinajstić information content (AvgIpc) is 2.53. The molecule has 1 heterocycles. The highest BCUT2D eigenvalue weighted by atomic mass is 32.2. The fourth-order valence-electron chi connectivity index (χ4n) is 2.08. The van der Waals surface area contributed by atoms with Gasteiger partial charge in [-0.25, -0.2) is 13.1 Å². The van der Waals surface area contributed by atoms with Gasteiger partial charge in [-0.05, 0) is 37.1 Å². The van der Waals surface area contributed by atoms with E-state index in [4.69, 9.17) is 9.47 Å². The van der Waals surface area contributed by atoms with E-state index in [9.17, 15) is 8.42 Å². The molecule has 1 saturated heterocycles. The lowest BCUT2D eigenvalue weighted by atomic mass is 10.2. The predicted molar refractivity (Wildman–Crippen MR) is 84.5 cm³/mol. The summed E-state index contributed by atoms with van der Waals surface area (Å²) in [6, 6.07) is 6.39. The molecule has 0 spiro atoms. The number of benzene rings is 1. The maximum absolute atomic E-state index is 12.1. The van der Waals surface area contributed by atoms with E-state index in [0.717, 1.165) is 31.8 Å². The number of nitrogens with one attached hydrogen (secondary N) is 1. The van der Waals surface area contributed by atoms with Gasteiger partial charge in [0.2, 0.25) is 10.0 Å². The number of thioether (sulfide) groups is 1. The van der Waals surface area contributed by atoms with Crippen LogP contribution < -0.4 is 9.46 Å². The first-order chi connectivity index (χ1) is 10.1. The Morgan fingerprint density at radius 3 is 2.57 bits per heavy atom. The molecule has 1 N–H and O–H groups in total. The van der Waals surface area contributed by atoms with Gasteiger partial charge in [-0.3, -0.25) is 0 Å². The van der Waals surface area contributed by atoms with Crippen LogP contribution in [0.25, 0.3) is 0 Å². The Balaban J connectivity index is 1.77. The summed E-state index contributed by atoms with van der Waals surface area (Å²) < 4.78 is 37.2. The van der Waals surface area contributed by atoms with Gasteiger partial charge < -0.3 is 9.47 Å². The molecule has 5 nitrogen and oxygen atoms in total. The van der Waals surface area contributed by atoms with Crippen molar-refractivity contribution >= 4 is 21.8 Å². The molecular formula is C14H21NO4S2. The molecule has 1 aromatic carbocycles. The van der Waals surface area contributed by atoms with E-state index in [1.807, 2.05) is 11.8 Å². The molecule has 0 aliphatic carbocycles. The SMILES string of the molecule is COc1ccc(S(=O)(=O)NCCSC2CCOCC2)cc1. The highest BCUT2D eigenvalue weighted by Crippen LogP contribution is 2.21. The summed E-state index contributed by atoms with van der Waals surface area (Å²) in [4.78, 5) is 0.263. The zero-order chi connectivity index (χ0) is 15.1. The van der Waals surface area contributed by atoms with Crippen molar-refractivity contribution in [3.63, 3.8) is 0 Å². The molecule has 1 aliphatic rings. The lowest BCUT2D eigenvalue weighted by Crippen LogP contribution is -2.27. The van der Waals surface area contributed by atoms with Crippen molar-refractivity contribution in [3.05, 3.63) is 24.3 Å². The molecule has 0 unspecified atom stereocenters. The van der Waals surface area contributed by atoms with Gasteiger partial charge in [0, 0.05) is 30.8 Å². The van der Waals surface area contributed by atoms with Gasteiger partial charge in [0.05, 0.1) is 12.0 Å². The predicted octanol–water partition coefficient (Wildman–Crippen LogP) is 1.89. The molecule has 7 heteroatoms. The van der Waals surface area contributed by atoms with Crippen molar-refractivity contribution in [3.8, 4) is 5.75 Å². The van der Waals surface area contributed by atoms with Crippen LogP contribution in [0.3, 0.4) is 0 Å². The van der Waals surface area contributed by atoms with Crippen molar-refractivity contribution in [1.29, 1.82) is 0 Å². The third-order valence-electron chi connectivity index (χ3n) is 3.29. The Bertz CT molecular complexity index is 524. The second-order valence-corrected chi connectivity index (χ2v) is 7.93. The standard InChI is InChI=1S/C14H21NO4S2/c1-18-12-2-4-14(5-3-12)21(16,17)15-8-11-20-13-6-9-19-10-7-13/h2-5,13,15H,6-11H2,1H3. The highest BCUT2D eigenvalue weighted by Gasteiger charge is 2.16. The highest BCUT2D eigenvalue weighted by molar-refractivity contribution is 8.00. The number of hydrogen-bond donors (Lipinski definition) is 1.